The molecule has 0 saturated heterocycles. The maximum absolute atomic E-state index is 11.3. The number of aromatic nitrogens is 3. The molecule has 21 heavy (non-hydrogen) atoms. The average Bonchev–Trinajstić information content (AvgIpc) is 3.04. The Bertz CT molecular complexity index is 678. The zero-order valence-corrected chi connectivity index (χ0v) is 12.2. The molecular formula is C15H18N4O2. The number of rotatable bonds is 4. The van der Waals surface area contributed by atoms with Gasteiger partial charge >= 0.3 is 5.97 Å². The fourth-order valence-electron chi connectivity index (χ4n) is 2.67. The van der Waals surface area contributed by atoms with E-state index in [1.807, 2.05) is 16.9 Å². The smallest absolute Gasteiger partial charge is 0.336 e. The van der Waals surface area contributed by atoms with E-state index in [4.69, 9.17) is 0 Å². The van der Waals surface area contributed by atoms with Crippen molar-refractivity contribution in [2.24, 2.45) is 0 Å². The van der Waals surface area contributed by atoms with Crippen LogP contribution in [0.5, 0.6) is 0 Å². The van der Waals surface area contributed by atoms with E-state index >= 15 is 0 Å². The van der Waals surface area contributed by atoms with Crippen LogP contribution in [0.15, 0.2) is 24.4 Å². The normalized spacial score (nSPS) is 14.6. The van der Waals surface area contributed by atoms with Gasteiger partial charge in [0.15, 0.2) is 0 Å². The largest absolute Gasteiger partial charge is 0.478 e. The summed E-state index contributed by atoms with van der Waals surface area (Å²) in [7, 11) is 0. The molecule has 2 heterocycles. The molecule has 1 aliphatic rings. The lowest BCUT2D eigenvalue weighted by molar-refractivity contribution is 0.0695. The molecule has 110 valence electrons. The van der Waals surface area contributed by atoms with Crippen molar-refractivity contribution in [3.8, 4) is 0 Å². The van der Waals surface area contributed by atoms with Crippen molar-refractivity contribution in [1.82, 2.24) is 19.9 Å². The number of aromatic carboxylic acids is 1. The number of benzene rings is 1. The molecule has 0 unspecified atom stereocenters. The Labute approximate surface area is 123 Å². The van der Waals surface area contributed by atoms with E-state index in [9.17, 15) is 9.90 Å². The van der Waals surface area contributed by atoms with Crippen LogP contribution in [-0.2, 0) is 19.6 Å². The van der Waals surface area contributed by atoms with Gasteiger partial charge in [-0.15, -0.1) is 5.10 Å². The van der Waals surface area contributed by atoms with Gasteiger partial charge in [-0.3, -0.25) is 4.90 Å². The van der Waals surface area contributed by atoms with Gasteiger partial charge in [0.05, 0.1) is 17.5 Å². The van der Waals surface area contributed by atoms with Gasteiger partial charge < -0.3 is 5.11 Å². The van der Waals surface area contributed by atoms with Crippen LogP contribution in [0.25, 0.3) is 0 Å². The Morgan fingerprint density at radius 1 is 1.38 bits per heavy atom. The van der Waals surface area contributed by atoms with Gasteiger partial charge in [0, 0.05) is 25.7 Å². The van der Waals surface area contributed by atoms with Crippen molar-refractivity contribution < 1.29 is 9.90 Å². The first-order chi connectivity index (χ1) is 10.0. The number of fused-ring (bicyclic) bond motifs is 1. The van der Waals surface area contributed by atoms with Crippen LogP contribution in [0.2, 0.25) is 0 Å². The van der Waals surface area contributed by atoms with E-state index in [1.54, 1.807) is 12.1 Å². The highest BCUT2D eigenvalue weighted by Gasteiger charge is 2.24. The van der Waals surface area contributed by atoms with E-state index in [2.05, 4.69) is 29.1 Å². The molecule has 1 aromatic heterocycles. The quantitative estimate of drug-likeness (QED) is 0.931. The average molecular weight is 286 g/mol. The molecule has 0 bridgehead atoms. The SMILES string of the molecule is CC(C)n1cc(CN2Cc3cccc(C(=O)O)c3C2)nn1. The third-order valence-corrected chi connectivity index (χ3v) is 3.75. The highest BCUT2D eigenvalue weighted by molar-refractivity contribution is 5.90. The second-order valence-electron chi connectivity index (χ2n) is 5.68. The molecule has 0 aliphatic carbocycles. The Morgan fingerprint density at radius 3 is 2.86 bits per heavy atom. The summed E-state index contributed by atoms with van der Waals surface area (Å²) in [5.74, 6) is -0.862. The van der Waals surface area contributed by atoms with Crippen molar-refractivity contribution >= 4 is 5.97 Å². The predicted octanol–water partition coefficient (Wildman–Crippen LogP) is 2.07. The van der Waals surface area contributed by atoms with Gasteiger partial charge in [0.2, 0.25) is 0 Å². The van der Waals surface area contributed by atoms with Crippen LogP contribution in [0.4, 0.5) is 0 Å². The Hall–Kier alpha value is -2.21. The summed E-state index contributed by atoms with van der Waals surface area (Å²) in [6, 6.07) is 5.76. The molecule has 1 aliphatic heterocycles. The Kier molecular flexibility index (Phi) is 3.47. The zero-order valence-electron chi connectivity index (χ0n) is 12.2. The van der Waals surface area contributed by atoms with Crippen LogP contribution in [-0.4, -0.2) is 31.0 Å². The second-order valence-corrected chi connectivity index (χ2v) is 5.68. The minimum absolute atomic E-state index is 0.292. The molecule has 1 N–H and O–H groups in total. The Morgan fingerprint density at radius 2 is 2.19 bits per heavy atom. The maximum Gasteiger partial charge on any atom is 0.336 e. The minimum Gasteiger partial charge on any atom is -0.478 e. The van der Waals surface area contributed by atoms with Gasteiger partial charge in [-0.25, -0.2) is 9.48 Å². The summed E-state index contributed by atoms with van der Waals surface area (Å²) in [5, 5.41) is 17.5. The van der Waals surface area contributed by atoms with Gasteiger partial charge in [-0.05, 0) is 31.0 Å². The van der Waals surface area contributed by atoms with E-state index in [1.165, 1.54) is 0 Å². The number of hydrogen-bond donors (Lipinski definition) is 1. The van der Waals surface area contributed by atoms with Crippen LogP contribution in [0, 0.1) is 0 Å². The van der Waals surface area contributed by atoms with Crippen LogP contribution in [0.1, 0.15) is 47.1 Å². The number of hydrogen-bond acceptors (Lipinski definition) is 4. The molecular weight excluding hydrogens is 268 g/mol. The van der Waals surface area contributed by atoms with Crippen molar-refractivity contribution in [3.05, 3.63) is 46.8 Å². The molecule has 1 aromatic carbocycles. The molecule has 0 spiro atoms. The molecule has 3 rings (SSSR count). The highest BCUT2D eigenvalue weighted by atomic mass is 16.4. The lowest BCUT2D eigenvalue weighted by Crippen LogP contribution is -2.16. The van der Waals surface area contributed by atoms with Crippen molar-refractivity contribution in [2.45, 2.75) is 39.5 Å². The monoisotopic (exact) mass is 286 g/mol. The first-order valence-electron chi connectivity index (χ1n) is 7.01. The van der Waals surface area contributed by atoms with Crippen molar-refractivity contribution in [1.29, 1.82) is 0 Å². The molecule has 6 heteroatoms. The molecule has 0 radical (unpaired) electrons. The van der Waals surface area contributed by atoms with E-state index in [0.29, 0.717) is 24.7 Å². The third kappa shape index (κ3) is 2.67. The zero-order chi connectivity index (χ0) is 15.0. The molecule has 0 fully saturated rings. The molecule has 2 aromatic rings. The molecule has 0 atom stereocenters. The summed E-state index contributed by atoms with van der Waals surface area (Å²) >= 11 is 0. The van der Waals surface area contributed by atoms with Crippen molar-refractivity contribution in [2.75, 3.05) is 0 Å². The summed E-state index contributed by atoms with van der Waals surface area (Å²) < 4.78 is 1.83. The highest BCUT2D eigenvalue weighted by Crippen LogP contribution is 2.27. The first kappa shape index (κ1) is 13.8. The van der Waals surface area contributed by atoms with Crippen LogP contribution < -0.4 is 0 Å². The third-order valence-electron chi connectivity index (χ3n) is 3.75. The van der Waals surface area contributed by atoms with Gasteiger partial charge in [0.25, 0.3) is 0 Å². The fourth-order valence-corrected chi connectivity index (χ4v) is 2.67. The van der Waals surface area contributed by atoms with Crippen LogP contribution >= 0.6 is 0 Å². The van der Waals surface area contributed by atoms with Gasteiger partial charge in [-0.1, -0.05) is 17.3 Å². The minimum atomic E-state index is -0.862. The lowest BCUT2D eigenvalue weighted by Gasteiger charge is -2.12. The topological polar surface area (TPSA) is 71.2 Å². The summed E-state index contributed by atoms with van der Waals surface area (Å²) in [6.07, 6.45) is 1.95. The van der Waals surface area contributed by atoms with Gasteiger partial charge in [0.1, 0.15) is 0 Å². The number of carbonyl (C=O) groups is 1. The van der Waals surface area contributed by atoms with Crippen molar-refractivity contribution in [3.63, 3.8) is 0 Å². The van der Waals surface area contributed by atoms with E-state index in [0.717, 1.165) is 23.4 Å². The number of carboxylic acid groups (broad SMARTS) is 1. The van der Waals surface area contributed by atoms with Crippen LogP contribution in [0.3, 0.4) is 0 Å². The number of carboxylic acids is 1. The molecule has 0 saturated carbocycles. The molecule has 0 amide bonds. The molecule has 6 nitrogen and oxygen atoms in total. The standard InChI is InChI=1S/C15H18N4O2/c1-10(2)19-8-12(16-17-19)7-18-6-11-4-3-5-13(15(20)21)14(11)9-18/h3-5,8,10H,6-7,9H2,1-2H3,(H,20,21). The summed E-state index contributed by atoms with van der Waals surface area (Å²) in [5.41, 5.74) is 3.32. The second kappa shape index (κ2) is 5.29. The predicted molar refractivity (Wildman–Crippen MR) is 76.8 cm³/mol. The first-order valence-corrected chi connectivity index (χ1v) is 7.01. The lowest BCUT2D eigenvalue weighted by atomic mass is 10.0. The number of nitrogens with zero attached hydrogens (tertiary/aromatic N) is 4. The summed E-state index contributed by atoms with van der Waals surface area (Å²) in [4.78, 5) is 13.4. The summed E-state index contributed by atoms with van der Waals surface area (Å²) in [6.45, 7) is 6.20. The Balaban J connectivity index is 1.75. The van der Waals surface area contributed by atoms with Gasteiger partial charge in [-0.2, -0.15) is 0 Å². The van der Waals surface area contributed by atoms with E-state index < -0.39 is 5.97 Å². The fraction of sp³-hybridized carbons (Fsp3) is 0.400. The maximum atomic E-state index is 11.3. The van der Waals surface area contributed by atoms with E-state index in [-0.39, 0.29) is 0 Å².